The van der Waals surface area contributed by atoms with E-state index in [0.29, 0.717) is 11.8 Å². The molecule has 2 heterocycles. The molecule has 31 heavy (non-hydrogen) atoms. The van der Waals surface area contributed by atoms with Gasteiger partial charge in [-0.25, -0.2) is 4.98 Å². The number of benzene rings is 2. The lowest BCUT2D eigenvalue weighted by Gasteiger charge is -2.21. The van der Waals surface area contributed by atoms with E-state index in [0.717, 1.165) is 55.4 Å². The summed E-state index contributed by atoms with van der Waals surface area (Å²) < 4.78 is 10.9. The van der Waals surface area contributed by atoms with Gasteiger partial charge in [0.25, 0.3) is 0 Å². The van der Waals surface area contributed by atoms with Gasteiger partial charge in [-0.1, -0.05) is 29.8 Å². The zero-order chi connectivity index (χ0) is 21.6. The highest BCUT2D eigenvalue weighted by molar-refractivity contribution is 5.80. The summed E-state index contributed by atoms with van der Waals surface area (Å²) >= 11 is 0. The molecule has 0 radical (unpaired) electrons. The van der Waals surface area contributed by atoms with E-state index in [2.05, 4.69) is 51.4 Å². The Labute approximate surface area is 184 Å². The lowest BCUT2D eigenvalue weighted by atomic mass is 9.98. The van der Waals surface area contributed by atoms with E-state index in [1.165, 1.54) is 11.1 Å². The number of likely N-dealkylation sites (tertiary alicyclic amines) is 1. The standard InChI is InChI=1S/C25H30N4O2/c1-18-4-6-20(7-5-18)24-28-22(17-31-24)12-14-27-25(26-2)29-15-13-21(16-29)19-8-10-23(30-3)11-9-19/h4-11,17,21H,12-16H2,1-3H3,(H,26,27). The van der Waals surface area contributed by atoms with Crippen LogP contribution in [0.4, 0.5) is 0 Å². The topological polar surface area (TPSA) is 62.9 Å². The molecule has 162 valence electrons. The molecule has 6 heteroatoms. The van der Waals surface area contributed by atoms with Crippen LogP contribution in [0, 0.1) is 6.92 Å². The predicted molar refractivity (Wildman–Crippen MR) is 124 cm³/mol. The van der Waals surface area contributed by atoms with Gasteiger partial charge in [-0.3, -0.25) is 4.99 Å². The van der Waals surface area contributed by atoms with E-state index in [1.807, 2.05) is 31.3 Å². The molecular formula is C25H30N4O2. The van der Waals surface area contributed by atoms with Gasteiger partial charge in [0, 0.05) is 44.6 Å². The van der Waals surface area contributed by atoms with Crippen LogP contribution in [0.5, 0.6) is 5.75 Å². The average molecular weight is 419 g/mol. The van der Waals surface area contributed by atoms with E-state index in [4.69, 9.17) is 9.15 Å². The number of methoxy groups -OCH3 is 1. The maximum Gasteiger partial charge on any atom is 0.226 e. The Hall–Kier alpha value is -3.28. The summed E-state index contributed by atoms with van der Waals surface area (Å²) in [5.41, 5.74) is 4.52. The van der Waals surface area contributed by atoms with Crippen LogP contribution < -0.4 is 10.1 Å². The molecule has 0 spiro atoms. The molecule has 2 aromatic carbocycles. The first-order valence-corrected chi connectivity index (χ1v) is 10.8. The molecule has 1 N–H and O–H groups in total. The van der Waals surface area contributed by atoms with Crippen LogP contribution in [0.15, 0.2) is 64.2 Å². The second kappa shape index (κ2) is 9.69. The van der Waals surface area contributed by atoms with Crippen molar-refractivity contribution in [2.45, 2.75) is 25.7 Å². The fourth-order valence-electron chi connectivity index (χ4n) is 3.99. The van der Waals surface area contributed by atoms with Gasteiger partial charge >= 0.3 is 0 Å². The number of nitrogens with zero attached hydrogens (tertiary/aromatic N) is 3. The second-order valence-corrected chi connectivity index (χ2v) is 7.94. The summed E-state index contributed by atoms with van der Waals surface area (Å²) in [6.07, 6.45) is 3.65. The number of rotatable bonds is 6. The number of nitrogens with one attached hydrogen (secondary N) is 1. The smallest absolute Gasteiger partial charge is 0.226 e. The van der Waals surface area contributed by atoms with Crippen molar-refractivity contribution < 1.29 is 9.15 Å². The first-order chi connectivity index (χ1) is 15.2. The quantitative estimate of drug-likeness (QED) is 0.479. The molecule has 1 unspecified atom stereocenters. The highest BCUT2D eigenvalue weighted by atomic mass is 16.5. The minimum atomic E-state index is 0.511. The summed E-state index contributed by atoms with van der Waals surface area (Å²) in [5.74, 6) is 3.02. The Morgan fingerprint density at radius 1 is 1.19 bits per heavy atom. The van der Waals surface area contributed by atoms with Gasteiger partial charge in [-0.05, 0) is 43.2 Å². The van der Waals surface area contributed by atoms with Gasteiger partial charge in [0.15, 0.2) is 5.96 Å². The highest BCUT2D eigenvalue weighted by Gasteiger charge is 2.26. The van der Waals surface area contributed by atoms with Gasteiger partial charge < -0.3 is 19.4 Å². The van der Waals surface area contributed by atoms with Crippen molar-refractivity contribution >= 4 is 5.96 Å². The van der Waals surface area contributed by atoms with Gasteiger partial charge in [-0.15, -0.1) is 0 Å². The highest BCUT2D eigenvalue weighted by Crippen LogP contribution is 2.28. The van der Waals surface area contributed by atoms with E-state index >= 15 is 0 Å². The molecule has 0 aliphatic carbocycles. The molecular weight excluding hydrogens is 388 g/mol. The van der Waals surface area contributed by atoms with Crippen LogP contribution in [0.1, 0.15) is 29.2 Å². The summed E-state index contributed by atoms with van der Waals surface area (Å²) in [5, 5.41) is 3.48. The van der Waals surface area contributed by atoms with Crippen molar-refractivity contribution in [2.24, 2.45) is 4.99 Å². The number of aromatic nitrogens is 1. The molecule has 4 rings (SSSR count). The summed E-state index contributed by atoms with van der Waals surface area (Å²) in [6, 6.07) is 16.6. The molecule has 0 bridgehead atoms. The van der Waals surface area contributed by atoms with Crippen molar-refractivity contribution in [2.75, 3.05) is 33.8 Å². The van der Waals surface area contributed by atoms with Crippen molar-refractivity contribution in [1.82, 2.24) is 15.2 Å². The predicted octanol–water partition coefficient (Wildman–Crippen LogP) is 4.27. The Morgan fingerprint density at radius 3 is 2.68 bits per heavy atom. The molecule has 1 aliphatic heterocycles. The number of oxazole rings is 1. The van der Waals surface area contributed by atoms with Crippen LogP contribution >= 0.6 is 0 Å². The van der Waals surface area contributed by atoms with Crippen LogP contribution in [-0.4, -0.2) is 49.6 Å². The number of hydrogen-bond acceptors (Lipinski definition) is 4. The summed E-state index contributed by atoms with van der Waals surface area (Å²) in [4.78, 5) is 11.4. The largest absolute Gasteiger partial charge is 0.497 e. The zero-order valence-electron chi connectivity index (χ0n) is 18.5. The number of aliphatic imine (C=N–C) groups is 1. The van der Waals surface area contributed by atoms with Crippen LogP contribution in [0.2, 0.25) is 0 Å². The second-order valence-electron chi connectivity index (χ2n) is 7.94. The minimum absolute atomic E-state index is 0.511. The molecule has 1 aliphatic rings. The third-order valence-electron chi connectivity index (χ3n) is 5.80. The first kappa shape index (κ1) is 21.0. The van der Waals surface area contributed by atoms with Crippen LogP contribution in [0.25, 0.3) is 11.5 Å². The minimum Gasteiger partial charge on any atom is -0.497 e. The average Bonchev–Trinajstić information content (AvgIpc) is 3.48. The number of guanidine groups is 1. The molecule has 1 fully saturated rings. The van der Waals surface area contributed by atoms with E-state index < -0.39 is 0 Å². The van der Waals surface area contributed by atoms with Crippen molar-refractivity contribution in [3.05, 3.63) is 71.6 Å². The van der Waals surface area contributed by atoms with E-state index in [1.54, 1.807) is 13.4 Å². The van der Waals surface area contributed by atoms with Gasteiger partial charge in [0.2, 0.25) is 5.89 Å². The van der Waals surface area contributed by atoms with Crippen molar-refractivity contribution in [3.63, 3.8) is 0 Å². The van der Waals surface area contributed by atoms with Crippen LogP contribution in [0.3, 0.4) is 0 Å². The molecule has 1 saturated heterocycles. The Morgan fingerprint density at radius 2 is 1.97 bits per heavy atom. The van der Waals surface area contributed by atoms with Gasteiger partial charge in [0.1, 0.15) is 12.0 Å². The molecule has 1 atom stereocenters. The SMILES string of the molecule is CN=C(NCCc1coc(-c2ccc(C)cc2)n1)N1CCC(c2ccc(OC)cc2)C1. The maximum absolute atomic E-state index is 5.67. The number of ether oxygens (including phenoxy) is 1. The normalized spacial score (nSPS) is 16.5. The number of hydrogen-bond donors (Lipinski definition) is 1. The van der Waals surface area contributed by atoms with Gasteiger partial charge in [0.05, 0.1) is 12.8 Å². The summed E-state index contributed by atoms with van der Waals surface area (Å²) in [7, 11) is 3.54. The third kappa shape index (κ3) is 5.08. The third-order valence-corrected chi connectivity index (χ3v) is 5.80. The first-order valence-electron chi connectivity index (χ1n) is 10.8. The zero-order valence-corrected chi connectivity index (χ0v) is 18.5. The Kier molecular flexibility index (Phi) is 6.55. The molecule has 0 amide bonds. The van der Waals surface area contributed by atoms with Gasteiger partial charge in [-0.2, -0.15) is 0 Å². The number of aryl methyl sites for hydroxylation is 1. The lowest BCUT2D eigenvalue weighted by molar-refractivity contribution is 0.414. The monoisotopic (exact) mass is 418 g/mol. The summed E-state index contributed by atoms with van der Waals surface area (Å²) in [6.45, 7) is 4.80. The van der Waals surface area contributed by atoms with E-state index in [9.17, 15) is 0 Å². The molecule has 0 saturated carbocycles. The Balaban J connectivity index is 1.28. The fourth-order valence-corrected chi connectivity index (χ4v) is 3.99. The van der Waals surface area contributed by atoms with Crippen molar-refractivity contribution in [1.29, 1.82) is 0 Å². The fraction of sp³-hybridized carbons (Fsp3) is 0.360. The molecule has 3 aromatic rings. The lowest BCUT2D eigenvalue weighted by Crippen LogP contribution is -2.40. The maximum atomic E-state index is 5.67. The molecule has 6 nitrogen and oxygen atoms in total. The van der Waals surface area contributed by atoms with Crippen molar-refractivity contribution in [3.8, 4) is 17.2 Å². The van der Waals surface area contributed by atoms with E-state index in [-0.39, 0.29) is 0 Å². The Bertz CT molecular complexity index is 1010. The molecule has 1 aromatic heterocycles. The van der Waals surface area contributed by atoms with Crippen LogP contribution in [-0.2, 0) is 6.42 Å².